The van der Waals surface area contributed by atoms with E-state index in [1.807, 2.05) is 12.1 Å². The summed E-state index contributed by atoms with van der Waals surface area (Å²) >= 11 is 4.75. The Kier molecular flexibility index (Phi) is 5.28. The lowest BCUT2D eigenvalue weighted by atomic mass is 10.2. The summed E-state index contributed by atoms with van der Waals surface area (Å²) < 4.78 is 5.24. The number of ether oxygens (including phenoxy) is 1. The maximum Gasteiger partial charge on any atom is 0.238 e. The third kappa shape index (κ3) is 4.76. The van der Waals surface area contributed by atoms with Gasteiger partial charge in [-0.2, -0.15) is 0 Å². The third-order valence-corrected chi connectivity index (χ3v) is 3.01. The molecule has 6 nitrogen and oxygen atoms in total. The quantitative estimate of drug-likeness (QED) is 0.706. The Morgan fingerprint density at radius 1 is 1.20 bits per heavy atom. The van der Waals surface area contributed by atoms with Crippen molar-refractivity contribution in [1.29, 1.82) is 0 Å². The van der Waals surface area contributed by atoms with Crippen molar-refractivity contribution in [2.24, 2.45) is 5.73 Å². The number of nitrogens with zero attached hydrogens (tertiary/aromatic N) is 1. The molecule has 1 heterocycles. The lowest BCUT2D eigenvalue weighted by Crippen LogP contribution is -2.41. The first-order valence-electron chi connectivity index (χ1n) is 6.40. The molecule has 0 unspecified atom stereocenters. The van der Waals surface area contributed by atoms with Gasteiger partial charge in [-0.15, -0.1) is 0 Å². The fraction of sp³-hybridized carbons (Fsp3) is 0.385. The van der Waals surface area contributed by atoms with E-state index in [1.165, 1.54) is 0 Å². The molecule has 1 aromatic rings. The maximum absolute atomic E-state index is 11.9. The molecule has 0 aliphatic carbocycles. The molecule has 108 valence electrons. The Labute approximate surface area is 123 Å². The molecule has 1 aromatic carbocycles. The monoisotopic (exact) mass is 294 g/mol. The van der Waals surface area contributed by atoms with Gasteiger partial charge >= 0.3 is 0 Å². The van der Waals surface area contributed by atoms with Crippen molar-refractivity contribution in [2.45, 2.75) is 0 Å². The molecule has 1 fully saturated rings. The average Bonchev–Trinajstić information content (AvgIpc) is 2.41. The highest BCUT2D eigenvalue weighted by Crippen LogP contribution is 2.13. The maximum atomic E-state index is 11.9. The number of hydrogen-bond donors (Lipinski definition) is 3. The van der Waals surface area contributed by atoms with Gasteiger partial charge < -0.3 is 21.1 Å². The van der Waals surface area contributed by atoms with Crippen molar-refractivity contribution >= 4 is 34.6 Å². The zero-order valence-electron chi connectivity index (χ0n) is 11.1. The Bertz CT molecular complexity index is 472. The number of carbonyl (C=O) groups is 1. The van der Waals surface area contributed by atoms with E-state index in [9.17, 15) is 4.79 Å². The van der Waals surface area contributed by atoms with Crippen LogP contribution in [0.4, 0.5) is 11.4 Å². The standard InChI is InChI=1S/C13H18N4O2S/c14-13(20)16-11-3-1-10(2-4-11)15-12(18)9-17-5-7-19-8-6-17/h1-4H,5-9H2,(H,15,18)(H3,14,16,20). The molecule has 1 aliphatic heterocycles. The van der Waals surface area contributed by atoms with Crippen LogP contribution in [0.1, 0.15) is 0 Å². The number of nitrogens with two attached hydrogens (primary N) is 1. The summed E-state index contributed by atoms with van der Waals surface area (Å²) in [5, 5.41) is 5.90. The predicted octanol–water partition coefficient (Wildman–Crippen LogP) is 0.613. The van der Waals surface area contributed by atoms with E-state index < -0.39 is 0 Å². The summed E-state index contributed by atoms with van der Waals surface area (Å²) in [6.45, 7) is 3.35. The van der Waals surface area contributed by atoms with E-state index >= 15 is 0 Å². The molecule has 0 atom stereocenters. The van der Waals surface area contributed by atoms with Gasteiger partial charge in [-0.3, -0.25) is 9.69 Å². The van der Waals surface area contributed by atoms with Gasteiger partial charge in [0.1, 0.15) is 0 Å². The smallest absolute Gasteiger partial charge is 0.238 e. The van der Waals surface area contributed by atoms with Gasteiger partial charge in [0, 0.05) is 24.5 Å². The van der Waals surface area contributed by atoms with Crippen LogP contribution in [0.15, 0.2) is 24.3 Å². The Hall–Kier alpha value is -1.70. The highest BCUT2D eigenvalue weighted by atomic mass is 32.1. The van der Waals surface area contributed by atoms with Crippen LogP contribution in [0.3, 0.4) is 0 Å². The Balaban J connectivity index is 1.82. The summed E-state index contributed by atoms with van der Waals surface area (Å²) in [7, 11) is 0. The van der Waals surface area contributed by atoms with E-state index in [0.29, 0.717) is 19.8 Å². The normalized spacial score (nSPS) is 15.6. The van der Waals surface area contributed by atoms with Crippen LogP contribution in [0.2, 0.25) is 0 Å². The van der Waals surface area contributed by atoms with Crippen LogP contribution in [-0.4, -0.2) is 48.8 Å². The molecule has 1 amide bonds. The number of amides is 1. The Morgan fingerprint density at radius 2 is 1.75 bits per heavy atom. The van der Waals surface area contributed by atoms with Crippen LogP contribution < -0.4 is 16.4 Å². The molecule has 20 heavy (non-hydrogen) atoms. The molecule has 0 aromatic heterocycles. The molecule has 2 rings (SSSR count). The van der Waals surface area contributed by atoms with Crippen molar-refractivity contribution in [2.75, 3.05) is 43.5 Å². The molecule has 0 spiro atoms. The van der Waals surface area contributed by atoms with Gasteiger partial charge in [-0.1, -0.05) is 0 Å². The number of nitrogens with one attached hydrogen (secondary N) is 2. The average molecular weight is 294 g/mol. The highest BCUT2D eigenvalue weighted by molar-refractivity contribution is 7.80. The molecule has 4 N–H and O–H groups in total. The summed E-state index contributed by atoms with van der Waals surface area (Å²) in [6.07, 6.45) is 0. The lowest BCUT2D eigenvalue weighted by Gasteiger charge is -2.25. The number of rotatable bonds is 4. The molecular formula is C13H18N4O2S. The molecule has 0 radical (unpaired) electrons. The van der Waals surface area contributed by atoms with Crippen LogP contribution in [-0.2, 0) is 9.53 Å². The van der Waals surface area contributed by atoms with Crippen LogP contribution in [0.25, 0.3) is 0 Å². The molecule has 1 saturated heterocycles. The third-order valence-electron chi connectivity index (χ3n) is 2.91. The van der Waals surface area contributed by atoms with Crippen molar-refractivity contribution in [3.05, 3.63) is 24.3 Å². The van der Waals surface area contributed by atoms with Gasteiger partial charge in [0.2, 0.25) is 5.91 Å². The minimum absolute atomic E-state index is 0.0260. The Morgan fingerprint density at radius 3 is 2.30 bits per heavy atom. The van der Waals surface area contributed by atoms with Gasteiger partial charge in [0.15, 0.2) is 5.11 Å². The zero-order chi connectivity index (χ0) is 14.4. The number of anilines is 2. The molecule has 0 bridgehead atoms. The second kappa shape index (κ2) is 7.18. The molecular weight excluding hydrogens is 276 g/mol. The van der Waals surface area contributed by atoms with Gasteiger partial charge in [0.05, 0.1) is 19.8 Å². The van der Waals surface area contributed by atoms with E-state index in [-0.39, 0.29) is 11.0 Å². The second-order valence-electron chi connectivity index (χ2n) is 4.50. The van der Waals surface area contributed by atoms with Gasteiger partial charge in [0.25, 0.3) is 0 Å². The van der Waals surface area contributed by atoms with E-state index in [0.717, 1.165) is 24.5 Å². The topological polar surface area (TPSA) is 79.6 Å². The molecule has 1 aliphatic rings. The summed E-state index contributed by atoms with van der Waals surface area (Å²) in [5.74, 6) is -0.0260. The number of thiocarbonyl (C=S) groups is 1. The minimum atomic E-state index is -0.0260. The van der Waals surface area contributed by atoms with Crippen molar-refractivity contribution < 1.29 is 9.53 Å². The van der Waals surface area contributed by atoms with Gasteiger partial charge in [-0.25, -0.2) is 0 Å². The largest absolute Gasteiger partial charge is 0.379 e. The highest BCUT2D eigenvalue weighted by Gasteiger charge is 2.13. The first-order chi connectivity index (χ1) is 9.63. The number of hydrogen-bond acceptors (Lipinski definition) is 4. The van der Waals surface area contributed by atoms with E-state index in [1.54, 1.807) is 12.1 Å². The lowest BCUT2D eigenvalue weighted by molar-refractivity contribution is -0.118. The van der Waals surface area contributed by atoms with Crippen molar-refractivity contribution in [1.82, 2.24) is 4.90 Å². The summed E-state index contributed by atoms with van der Waals surface area (Å²) in [6, 6.07) is 7.22. The van der Waals surface area contributed by atoms with E-state index in [4.69, 9.17) is 22.7 Å². The fourth-order valence-electron chi connectivity index (χ4n) is 1.94. The van der Waals surface area contributed by atoms with Crippen molar-refractivity contribution in [3.8, 4) is 0 Å². The first kappa shape index (κ1) is 14.7. The number of morpholine rings is 1. The van der Waals surface area contributed by atoms with E-state index in [2.05, 4.69) is 15.5 Å². The predicted molar refractivity (Wildman–Crippen MR) is 82.7 cm³/mol. The van der Waals surface area contributed by atoms with Crippen LogP contribution >= 0.6 is 12.2 Å². The minimum Gasteiger partial charge on any atom is -0.379 e. The molecule has 7 heteroatoms. The summed E-state index contributed by atoms with van der Waals surface area (Å²) in [5.41, 5.74) is 6.92. The SMILES string of the molecule is NC(=S)Nc1ccc(NC(=O)CN2CCOCC2)cc1. The van der Waals surface area contributed by atoms with Crippen LogP contribution in [0, 0.1) is 0 Å². The van der Waals surface area contributed by atoms with Crippen molar-refractivity contribution in [3.63, 3.8) is 0 Å². The zero-order valence-corrected chi connectivity index (χ0v) is 11.9. The summed E-state index contributed by atoms with van der Waals surface area (Å²) in [4.78, 5) is 14.0. The first-order valence-corrected chi connectivity index (χ1v) is 6.81. The van der Waals surface area contributed by atoms with Crippen LogP contribution in [0.5, 0.6) is 0 Å². The molecule has 0 saturated carbocycles. The number of carbonyl (C=O) groups excluding carboxylic acids is 1. The van der Waals surface area contributed by atoms with Gasteiger partial charge in [-0.05, 0) is 36.5 Å². The fourth-order valence-corrected chi connectivity index (χ4v) is 2.06. The second-order valence-corrected chi connectivity index (χ2v) is 4.94. The number of benzene rings is 1.